The largest absolute Gasteiger partial charge is 0.483 e. The summed E-state index contributed by atoms with van der Waals surface area (Å²) in [6.07, 6.45) is 1.28. The lowest BCUT2D eigenvalue weighted by molar-refractivity contribution is -0.136. The van der Waals surface area contributed by atoms with Crippen LogP contribution in [0.25, 0.3) is 0 Å². The predicted octanol–water partition coefficient (Wildman–Crippen LogP) is 4.75. The van der Waals surface area contributed by atoms with E-state index in [0.29, 0.717) is 22.0 Å². The smallest absolute Gasteiger partial charge is 0.329 e. The number of anilines is 2. The Morgan fingerprint density at radius 3 is 2.35 bits per heavy atom. The van der Waals surface area contributed by atoms with Crippen LogP contribution in [0, 0.1) is 0 Å². The van der Waals surface area contributed by atoms with Gasteiger partial charge in [-0.15, -0.1) is 0 Å². The molecule has 0 aliphatic heterocycles. The summed E-state index contributed by atoms with van der Waals surface area (Å²) in [6, 6.07) is 18.0. The van der Waals surface area contributed by atoms with E-state index in [1.807, 2.05) is 0 Å². The number of amides is 3. The van der Waals surface area contributed by atoms with E-state index in [1.54, 1.807) is 60.7 Å². The molecular weight excluding hydrogens is 503 g/mol. The minimum atomic E-state index is -1.02. The number of benzene rings is 3. The second kappa shape index (κ2) is 12.0. The molecule has 0 saturated carbocycles. The molecule has 0 spiro atoms. The Balaban J connectivity index is 1.54. The van der Waals surface area contributed by atoms with Gasteiger partial charge >= 0.3 is 11.8 Å². The molecular formula is C23H17Cl3N4O4. The first-order chi connectivity index (χ1) is 16.3. The van der Waals surface area contributed by atoms with Gasteiger partial charge in [0, 0.05) is 16.3 Å². The molecule has 3 aromatic carbocycles. The minimum Gasteiger partial charge on any atom is -0.483 e. The monoisotopic (exact) mass is 518 g/mol. The highest BCUT2D eigenvalue weighted by Crippen LogP contribution is 2.29. The van der Waals surface area contributed by atoms with Gasteiger partial charge in [-0.1, -0.05) is 53.0 Å². The zero-order valence-electron chi connectivity index (χ0n) is 17.3. The average Bonchev–Trinajstić information content (AvgIpc) is 2.82. The molecule has 0 aromatic heterocycles. The molecule has 3 N–H and O–H groups in total. The number of nitrogens with one attached hydrogen (secondary N) is 3. The Hall–Kier alpha value is -3.59. The third kappa shape index (κ3) is 7.21. The van der Waals surface area contributed by atoms with Gasteiger partial charge in [0.1, 0.15) is 5.75 Å². The number of carbonyl (C=O) groups excluding carboxylic acids is 3. The zero-order valence-corrected chi connectivity index (χ0v) is 19.6. The second-order valence-electron chi connectivity index (χ2n) is 6.64. The van der Waals surface area contributed by atoms with Gasteiger partial charge in [0.25, 0.3) is 5.91 Å². The zero-order chi connectivity index (χ0) is 24.5. The summed E-state index contributed by atoms with van der Waals surface area (Å²) in [5.41, 5.74) is 3.35. The molecule has 8 nitrogen and oxygen atoms in total. The van der Waals surface area contributed by atoms with Crippen molar-refractivity contribution in [1.29, 1.82) is 0 Å². The van der Waals surface area contributed by atoms with Crippen molar-refractivity contribution in [2.75, 3.05) is 17.2 Å². The number of hydrazone groups is 1. The van der Waals surface area contributed by atoms with Gasteiger partial charge in [-0.3, -0.25) is 14.4 Å². The van der Waals surface area contributed by atoms with Crippen LogP contribution in [0.4, 0.5) is 11.4 Å². The van der Waals surface area contributed by atoms with E-state index in [4.69, 9.17) is 39.5 Å². The molecule has 0 saturated heterocycles. The topological polar surface area (TPSA) is 109 Å². The number of carbonyl (C=O) groups is 3. The summed E-state index contributed by atoms with van der Waals surface area (Å²) in [5, 5.41) is 9.70. The van der Waals surface area contributed by atoms with E-state index in [2.05, 4.69) is 21.2 Å². The van der Waals surface area contributed by atoms with Crippen LogP contribution in [0.3, 0.4) is 0 Å². The van der Waals surface area contributed by atoms with Crippen molar-refractivity contribution in [2.45, 2.75) is 0 Å². The number of rotatable bonds is 7. The fourth-order valence-electron chi connectivity index (χ4n) is 2.58. The minimum absolute atomic E-state index is 0.111. The molecule has 3 amide bonds. The van der Waals surface area contributed by atoms with Crippen molar-refractivity contribution in [3.63, 3.8) is 0 Å². The van der Waals surface area contributed by atoms with Crippen LogP contribution in [-0.4, -0.2) is 30.5 Å². The van der Waals surface area contributed by atoms with E-state index in [9.17, 15) is 14.4 Å². The Bertz CT molecular complexity index is 1230. The molecule has 34 heavy (non-hydrogen) atoms. The SMILES string of the molecule is O=C(COc1ccccc1/C=N\NC(=O)C(=O)Nc1cccc(Cl)c1Cl)Nc1ccc(Cl)cc1. The second-order valence-corrected chi connectivity index (χ2v) is 7.86. The lowest BCUT2D eigenvalue weighted by Crippen LogP contribution is -2.32. The maximum Gasteiger partial charge on any atom is 0.329 e. The Labute approximate surface area is 209 Å². The van der Waals surface area contributed by atoms with Gasteiger partial charge in [-0.2, -0.15) is 5.10 Å². The Morgan fingerprint density at radius 2 is 1.59 bits per heavy atom. The fourth-order valence-corrected chi connectivity index (χ4v) is 3.06. The first-order valence-corrected chi connectivity index (χ1v) is 10.8. The lowest BCUT2D eigenvalue weighted by Gasteiger charge is -2.10. The Kier molecular flexibility index (Phi) is 8.86. The lowest BCUT2D eigenvalue weighted by atomic mass is 10.2. The van der Waals surface area contributed by atoms with E-state index in [0.717, 1.165) is 0 Å². The highest BCUT2D eigenvalue weighted by molar-refractivity contribution is 6.45. The number of ether oxygens (including phenoxy) is 1. The molecule has 3 rings (SSSR count). The van der Waals surface area contributed by atoms with Crippen LogP contribution < -0.4 is 20.8 Å². The molecule has 0 radical (unpaired) electrons. The summed E-state index contributed by atoms with van der Waals surface area (Å²) in [6.45, 7) is -0.261. The van der Waals surface area contributed by atoms with Crippen molar-refractivity contribution >= 4 is 70.1 Å². The van der Waals surface area contributed by atoms with Crippen molar-refractivity contribution in [3.05, 3.63) is 87.4 Å². The summed E-state index contributed by atoms with van der Waals surface area (Å²) < 4.78 is 5.55. The quantitative estimate of drug-likeness (QED) is 0.238. The molecule has 0 fully saturated rings. The van der Waals surface area contributed by atoms with Crippen molar-refractivity contribution in [1.82, 2.24) is 5.43 Å². The number of hydrogen-bond acceptors (Lipinski definition) is 5. The van der Waals surface area contributed by atoms with Gasteiger partial charge in [0.15, 0.2) is 6.61 Å². The highest BCUT2D eigenvalue weighted by atomic mass is 35.5. The molecule has 0 unspecified atom stereocenters. The van der Waals surface area contributed by atoms with Crippen molar-refractivity contribution < 1.29 is 19.1 Å². The van der Waals surface area contributed by atoms with Gasteiger partial charge in [0.05, 0.1) is 21.9 Å². The molecule has 3 aromatic rings. The Morgan fingerprint density at radius 1 is 0.853 bits per heavy atom. The molecule has 0 aliphatic rings. The van der Waals surface area contributed by atoms with Crippen LogP contribution in [0.15, 0.2) is 71.8 Å². The van der Waals surface area contributed by atoms with Crippen LogP contribution in [0.1, 0.15) is 5.56 Å². The van der Waals surface area contributed by atoms with E-state index in [-0.39, 0.29) is 28.2 Å². The van der Waals surface area contributed by atoms with E-state index < -0.39 is 11.8 Å². The van der Waals surface area contributed by atoms with Crippen molar-refractivity contribution in [2.24, 2.45) is 5.10 Å². The standard InChI is InChI=1S/C23H17Cl3N4O4/c24-15-8-10-16(11-9-15)28-20(31)13-34-19-7-2-1-4-14(19)12-27-30-23(33)22(32)29-18-6-3-5-17(25)21(18)26/h1-12H,13H2,(H,28,31)(H,29,32)(H,30,33)/b27-12-. The fraction of sp³-hybridized carbons (Fsp3) is 0.0435. The number of hydrogen-bond donors (Lipinski definition) is 3. The summed E-state index contributed by atoms with van der Waals surface area (Å²) in [5.74, 6) is -2.03. The molecule has 0 atom stereocenters. The summed E-state index contributed by atoms with van der Waals surface area (Å²) >= 11 is 17.7. The summed E-state index contributed by atoms with van der Waals surface area (Å²) in [4.78, 5) is 36.2. The van der Waals surface area contributed by atoms with Gasteiger partial charge in [0.2, 0.25) is 0 Å². The first kappa shape index (κ1) is 25.0. The highest BCUT2D eigenvalue weighted by Gasteiger charge is 2.15. The maximum absolute atomic E-state index is 12.1. The molecule has 174 valence electrons. The average molecular weight is 520 g/mol. The van der Waals surface area contributed by atoms with E-state index in [1.165, 1.54) is 12.3 Å². The third-order valence-electron chi connectivity index (χ3n) is 4.18. The van der Waals surface area contributed by atoms with Crippen LogP contribution in [-0.2, 0) is 14.4 Å². The normalized spacial score (nSPS) is 10.6. The first-order valence-electron chi connectivity index (χ1n) is 9.69. The van der Waals surface area contributed by atoms with Gasteiger partial charge in [-0.05, 0) is 48.5 Å². The van der Waals surface area contributed by atoms with Crippen molar-refractivity contribution in [3.8, 4) is 5.75 Å². The number of nitrogens with zero attached hydrogens (tertiary/aromatic N) is 1. The van der Waals surface area contributed by atoms with Crippen LogP contribution in [0.5, 0.6) is 5.75 Å². The van der Waals surface area contributed by atoms with Crippen LogP contribution in [0.2, 0.25) is 15.1 Å². The van der Waals surface area contributed by atoms with Crippen LogP contribution >= 0.6 is 34.8 Å². The van der Waals surface area contributed by atoms with Gasteiger partial charge < -0.3 is 15.4 Å². The number of halogens is 3. The molecule has 11 heteroatoms. The third-order valence-corrected chi connectivity index (χ3v) is 5.25. The number of para-hydroxylation sites is 1. The maximum atomic E-state index is 12.1. The molecule has 0 aliphatic carbocycles. The molecule has 0 heterocycles. The summed E-state index contributed by atoms with van der Waals surface area (Å²) in [7, 11) is 0. The molecule has 0 bridgehead atoms. The van der Waals surface area contributed by atoms with Gasteiger partial charge in [-0.25, -0.2) is 5.43 Å². The predicted molar refractivity (Wildman–Crippen MR) is 133 cm³/mol. The van der Waals surface area contributed by atoms with E-state index >= 15 is 0 Å².